The zero-order valence-electron chi connectivity index (χ0n) is 25.9. The van der Waals surface area contributed by atoms with Crippen LogP contribution in [0.5, 0.6) is 5.75 Å². The largest absolute Gasteiger partial charge is 0.497 e. The van der Waals surface area contributed by atoms with Crippen LogP contribution in [0.25, 0.3) is 15.9 Å². The van der Waals surface area contributed by atoms with Gasteiger partial charge in [-0.3, -0.25) is 9.69 Å². The fourth-order valence-corrected chi connectivity index (χ4v) is 6.40. The molecule has 3 heterocycles. The Hall–Kier alpha value is -5.51. The molecule has 9 heteroatoms. The summed E-state index contributed by atoms with van der Waals surface area (Å²) in [6.45, 7) is 13.5. The maximum Gasteiger partial charge on any atom is 0.270 e. The minimum atomic E-state index is -0.298. The van der Waals surface area contributed by atoms with Gasteiger partial charge >= 0.3 is 0 Å². The molecule has 8 nitrogen and oxygen atoms in total. The van der Waals surface area contributed by atoms with E-state index in [9.17, 15) is 14.4 Å². The van der Waals surface area contributed by atoms with Gasteiger partial charge in [-0.2, -0.15) is 5.26 Å². The van der Waals surface area contributed by atoms with Crippen molar-refractivity contribution >= 4 is 22.5 Å². The van der Waals surface area contributed by atoms with Gasteiger partial charge in [-0.1, -0.05) is 43.0 Å². The maximum absolute atomic E-state index is 14.0. The number of ether oxygens (including phenoxy) is 1. The molecule has 0 bridgehead atoms. The van der Waals surface area contributed by atoms with Crippen LogP contribution in [0.2, 0.25) is 0 Å². The van der Waals surface area contributed by atoms with Crippen molar-refractivity contribution in [1.82, 2.24) is 14.5 Å². The van der Waals surface area contributed by atoms with Crippen LogP contribution in [0.15, 0.2) is 95.8 Å². The lowest BCUT2D eigenvalue weighted by atomic mass is 9.93. The molecule has 6 rings (SSSR count). The van der Waals surface area contributed by atoms with Crippen LogP contribution in [0.4, 0.5) is 15.9 Å². The number of fused-ring (bicyclic) bond motifs is 1. The van der Waals surface area contributed by atoms with Crippen molar-refractivity contribution in [3.8, 4) is 11.8 Å². The van der Waals surface area contributed by atoms with Crippen LogP contribution in [-0.2, 0) is 6.54 Å². The van der Waals surface area contributed by atoms with Crippen molar-refractivity contribution < 1.29 is 9.13 Å². The van der Waals surface area contributed by atoms with Crippen LogP contribution in [-0.4, -0.2) is 46.7 Å². The number of hydrogen-bond donors (Lipinski definition) is 0. The number of pyridine rings is 2. The summed E-state index contributed by atoms with van der Waals surface area (Å²) in [6.07, 6.45) is 0. The van der Waals surface area contributed by atoms with Gasteiger partial charge in [0.25, 0.3) is 11.4 Å². The number of anilines is 1. The number of nitriles is 1. The second-order valence-electron chi connectivity index (χ2n) is 11.7. The van der Waals surface area contributed by atoms with E-state index in [1.165, 1.54) is 12.1 Å². The number of hydrogen-bond acceptors (Lipinski definition) is 6. The molecule has 1 aliphatic rings. The molecular formula is C37H33FN6O2. The third-order valence-electron chi connectivity index (χ3n) is 8.75. The molecule has 0 radical (unpaired) electrons. The van der Waals surface area contributed by atoms with E-state index in [1.54, 1.807) is 23.8 Å². The Bertz CT molecular complexity index is 2010. The highest BCUT2D eigenvalue weighted by Gasteiger charge is 2.36. The Morgan fingerprint density at radius 3 is 2.28 bits per heavy atom. The quantitative estimate of drug-likeness (QED) is 0.190. The Morgan fingerprint density at radius 1 is 0.978 bits per heavy atom. The summed E-state index contributed by atoms with van der Waals surface area (Å²) < 4.78 is 20.9. The molecule has 1 aliphatic heterocycles. The summed E-state index contributed by atoms with van der Waals surface area (Å²) in [6, 6.07) is 28.8. The van der Waals surface area contributed by atoms with Gasteiger partial charge in [0.05, 0.1) is 42.5 Å². The fraction of sp³-hybridized carbons (Fsp3) is 0.243. The SMILES string of the molecule is [C-]#[N+]c1ccc2c(n1)c(N1C[C@@H](C)N(C(c3ccc(F)cc3)c3ccc(C#N)cc3)C[C@@H]1C)cc(=O)n2Cc1ccc(OC)cc1. The fourth-order valence-electron chi connectivity index (χ4n) is 6.40. The Kier molecular flexibility index (Phi) is 8.52. The van der Waals surface area contributed by atoms with Crippen molar-refractivity contribution in [3.05, 3.63) is 141 Å². The number of nitrogens with zero attached hydrogens (tertiary/aromatic N) is 6. The minimum Gasteiger partial charge on any atom is -0.497 e. The van der Waals surface area contributed by atoms with Crippen LogP contribution in [0, 0.1) is 23.7 Å². The molecule has 0 amide bonds. The third-order valence-corrected chi connectivity index (χ3v) is 8.75. The van der Waals surface area contributed by atoms with Crippen molar-refractivity contribution in [1.29, 1.82) is 5.26 Å². The summed E-state index contributed by atoms with van der Waals surface area (Å²) in [5.41, 5.74) is 5.30. The molecule has 1 saturated heterocycles. The summed E-state index contributed by atoms with van der Waals surface area (Å²) in [4.78, 5) is 26.7. The number of aromatic nitrogens is 2. The summed E-state index contributed by atoms with van der Waals surface area (Å²) in [5.74, 6) is 0.705. The van der Waals surface area contributed by atoms with E-state index in [4.69, 9.17) is 16.3 Å². The second kappa shape index (κ2) is 12.8. The van der Waals surface area contributed by atoms with E-state index in [2.05, 4.69) is 34.6 Å². The number of piperazine rings is 1. The molecule has 0 saturated carbocycles. The molecule has 2 aromatic heterocycles. The molecule has 46 heavy (non-hydrogen) atoms. The average Bonchev–Trinajstić information content (AvgIpc) is 3.08. The highest BCUT2D eigenvalue weighted by molar-refractivity contribution is 5.90. The lowest BCUT2D eigenvalue weighted by molar-refractivity contribution is 0.130. The smallest absolute Gasteiger partial charge is 0.270 e. The molecule has 1 fully saturated rings. The van der Waals surface area contributed by atoms with E-state index < -0.39 is 0 Å². The highest BCUT2D eigenvalue weighted by atomic mass is 19.1. The number of rotatable bonds is 7. The van der Waals surface area contributed by atoms with Gasteiger partial charge < -0.3 is 19.0 Å². The van der Waals surface area contributed by atoms with Gasteiger partial charge in [-0.05, 0) is 79.1 Å². The normalized spacial score (nSPS) is 17.3. The Balaban J connectivity index is 1.38. The van der Waals surface area contributed by atoms with Gasteiger partial charge in [0.2, 0.25) is 5.52 Å². The van der Waals surface area contributed by atoms with Crippen molar-refractivity contribution in [2.24, 2.45) is 0 Å². The van der Waals surface area contributed by atoms with E-state index >= 15 is 0 Å². The molecule has 3 aromatic carbocycles. The molecule has 3 atom stereocenters. The minimum absolute atomic E-state index is 0.0164. The first-order valence-corrected chi connectivity index (χ1v) is 15.1. The van der Waals surface area contributed by atoms with E-state index in [0.717, 1.165) is 22.4 Å². The monoisotopic (exact) mass is 612 g/mol. The molecular weight excluding hydrogens is 579 g/mol. The number of benzene rings is 3. The predicted octanol–water partition coefficient (Wildman–Crippen LogP) is 6.70. The summed E-state index contributed by atoms with van der Waals surface area (Å²) in [7, 11) is 1.62. The van der Waals surface area contributed by atoms with E-state index in [-0.39, 0.29) is 35.3 Å². The molecule has 5 aromatic rings. The molecule has 0 aliphatic carbocycles. The van der Waals surface area contributed by atoms with Gasteiger partial charge in [0, 0.05) is 31.2 Å². The average molecular weight is 613 g/mol. The first-order chi connectivity index (χ1) is 22.3. The zero-order chi connectivity index (χ0) is 32.4. The Labute approximate surface area is 267 Å². The van der Waals surface area contributed by atoms with Crippen molar-refractivity contribution in [3.63, 3.8) is 0 Å². The van der Waals surface area contributed by atoms with E-state index in [0.29, 0.717) is 41.9 Å². The standard InChI is InChI=1S/C37H33FN6O2/c1-24-22-43(37(29-11-13-30(38)14-12-29)28-9-5-26(20-39)6-10-28)25(2)21-42(24)33-19-35(45)44(23-27-7-15-31(46-4)16-8-27)32-17-18-34(40-3)41-36(32)33/h5-19,24-25,37H,21-23H2,1-2,4H3/t24-,25+,37?/m0/s1. The second-order valence-corrected chi connectivity index (χ2v) is 11.7. The number of halogens is 1. The Morgan fingerprint density at radius 2 is 1.65 bits per heavy atom. The van der Waals surface area contributed by atoms with Crippen molar-refractivity contribution in [2.45, 2.75) is 38.5 Å². The topological polar surface area (TPSA) is 78.8 Å². The van der Waals surface area contributed by atoms with Gasteiger partial charge in [0.15, 0.2) is 0 Å². The lowest BCUT2D eigenvalue weighted by Gasteiger charge is -2.48. The first kappa shape index (κ1) is 30.5. The molecule has 0 spiro atoms. The van der Waals surface area contributed by atoms with Gasteiger partial charge in [-0.15, -0.1) is 4.98 Å². The summed E-state index contributed by atoms with van der Waals surface area (Å²) in [5, 5.41) is 9.36. The lowest BCUT2D eigenvalue weighted by Crippen LogP contribution is -2.57. The van der Waals surface area contributed by atoms with Crippen molar-refractivity contribution in [2.75, 3.05) is 25.1 Å². The van der Waals surface area contributed by atoms with Crippen LogP contribution >= 0.6 is 0 Å². The molecule has 1 unspecified atom stereocenters. The molecule has 0 N–H and O–H groups in total. The van der Waals surface area contributed by atoms with Gasteiger partial charge in [0.1, 0.15) is 11.6 Å². The summed E-state index contributed by atoms with van der Waals surface area (Å²) >= 11 is 0. The van der Waals surface area contributed by atoms with Crippen LogP contribution < -0.4 is 15.2 Å². The van der Waals surface area contributed by atoms with Crippen LogP contribution in [0.1, 0.15) is 42.1 Å². The highest BCUT2D eigenvalue weighted by Crippen LogP contribution is 2.36. The van der Waals surface area contributed by atoms with E-state index in [1.807, 2.05) is 66.7 Å². The first-order valence-electron chi connectivity index (χ1n) is 15.1. The van der Waals surface area contributed by atoms with Gasteiger partial charge in [-0.25, -0.2) is 4.39 Å². The molecule has 230 valence electrons. The predicted molar refractivity (Wildman–Crippen MR) is 177 cm³/mol. The zero-order valence-corrected chi connectivity index (χ0v) is 25.9. The third kappa shape index (κ3) is 5.93. The maximum atomic E-state index is 14.0. The van der Waals surface area contributed by atoms with Crippen LogP contribution in [0.3, 0.4) is 0 Å². The number of methoxy groups -OCH3 is 1.